The number of carbonyl (C=O) groups is 4. The lowest BCUT2D eigenvalue weighted by Crippen LogP contribution is -2.59. The van der Waals surface area contributed by atoms with E-state index in [0.29, 0.717) is 0 Å². The highest BCUT2D eigenvalue weighted by molar-refractivity contribution is 5.94. The molecule has 0 aromatic rings. The van der Waals surface area contributed by atoms with Gasteiger partial charge in [0.2, 0.25) is 17.7 Å². The van der Waals surface area contributed by atoms with Crippen LogP contribution in [0.15, 0.2) is 0 Å². The Morgan fingerprint density at radius 2 is 1.38 bits per heavy atom. The Morgan fingerprint density at radius 1 is 0.885 bits per heavy atom. The number of aliphatic carboxylic acids is 1. The summed E-state index contributed by atoms with van der Waals surface area (Å²) >= 11 is 0. The van der Waals surface area contributed by atoms with Crippen molar-refractivity contribution in [2.75, 3.05) is 6.61 Å². The highest BCUT2D eigenvalue weighted by Crippen LogP contribution is 2.04. The minimum absolute atomic E-state index is 0.398. The molecule has 0 aromatic heterocycles. The first-order valence-corrected chi connectivity index (χ1v) is 8.10. The number of amides is 3. The van der Waals surface area contributed by atoms with E-state index in [2.05, 4.69) is 16.0 Å². The average molecular weight is 376 g/mol. The van der Waals surface area contributed by atoms with Gasteiger partial charge in [0.15, 0.2) is 6.04 Å². The van der Waals surface area contributed by atoms with Gasteiger partial charge in [-0.15, -0.1) is 0 Å². The van der Waals surface area contributed by atoms with E-state index < -0.39 is 66.5 Å². The number of nitrogens with one attached hydrogen (secondary N) is 3. The molecule has 0 saturated heterocycles. The molecule has 26 heavy (non-hydrogen) atoms. The fourth-order valence-corrected chi connectivity index (χ4v) is 1.91. The van der Waals surface area contributed by atoms with Crippen LogP contribution in [0.25, 0.3) is 0 Å². The maximum atomic E-state index is 12.3. The molecule has 0 bridgehead atoms. The quantitative estimate of drug-likeness (QED) is 0.208. The minimum atomic E-state index is -1.53. The highest BCUT2D eigenvalue weighted by atomic mass is 16.4. The van der Waals surface area contributed by atoms with Crippen LogP contribution in [0.3, 0.4) is 0 Å². The molecule has 0 spiro atoms. The second-order valence-corrected chi connectivity index (χ2v) is 6.31. The van der Waals surface area contributed by atoms with Crippen molar-refractivity contribution in [1.29, 1.82) is 0 Å². The van der Waals surface area contributed by atoms with Crippen LogP contribution in [0.1, 0.15) is 27.7 Å². The fourth-order valence-electron chi connectivity index (χ4n) is 1.91. The lowest BCUT2D eigenvalue weighted by atomic mass is 10.0. The Labute approximate surface area is 151 Å². The number of carbonyl (C=O) groups excluding carboxylic acids is 3. The van der Waals surface area contributed by atoms with Crippen molar-refractivity contribution in [3.63, 3.8) is 0 Å². The van der Waals surface area contributed by atoms with Crippen molar-refractivity contribution in [3.8, 4) is 0 Å². The Morgan fingerprint density at radius 3 is 1.77 bits per heavy atom. The van der Waals surface area contributed by atoms with Crippen LogP contribution in [0, 0.1) is 5.92 Å². The van der Waals surface area contributed by atoms with Gasteiger partial charge in [-0.2, -0.15) is 0 Å². The molecule has 0 saturated carbocycles. The molecule has 0 aliphatic heterocycles. The van der Waals surface area contributed by atoms with Gasteiger partial charge in [0, 0.05) is 0 Å². The van der Waals surface area contributed by atoms with E-state index in [1.807, 2.05) is 0 Å². The maximum Gasteiger partial charge on any atom is 0.328 e. The average Bonchev–Trinajstić information content (AvgIpc) is 2.54. The first kappa shape index (κ1) is 23.8. The van der Waals surface area contributed by atoms with Crippen molar-refractivity contribution in [3.05, 3.63) is 0 Å². The fraction of sp³-hybridized carbons (Fsp3) is 0.733. The number of rotatable bonds is 10. The number of nitrogens with two attached hydrogens (primary N) is 1. The number of aliphatic hydroxyl groups excluding tert-OH is 2. The summed E-state index contributed by atoms with van der Waals surface area (Å²) in [5, 5.41) is 34.1. The standard InChI is InChI=1S/C15H28N4O7/c1-6(2)10(14(24)19-11(8(4)21)15(25)26)18-12(22)7(3)17-13(23)9(16)5-20/h6-11,20-21H,5,16H2,1-4H3,(H,17,23)(H,18,22)(H,19,24)(H,25,26). The third kappa shape index (κ3) is 7.33. The van der Waals surface area contributed by atoms with E-state index in [-0.39, 0.29) is 0 Å². The molecule has 0 heterocycles. The smallest absolute Gasteiger partial charge is 0.328 e. The van der Waals surface area contributed by atoms with Crippen LogP contribution in [0.2, 0.25) is 0 Å². The predicted octanol–water partition coefficient (Wildman–Crippen LogP) is -3.10. The monoisotopic (exact) mass is 376 g/mol. The normalized spacial score (nSPS) is 16.8. The van der Waals surface area contributed by atoms with Gasteiger partial charge in [0.1, 0.15) is 18.1 Å². The third-order valence-electron chi connectivity index (χ3n) is 3.58. The largest absolute Gasteiger partial charge is 0.480 e. The highest BCUT2D eigenvalue weighted by Gasteiger charge is 2.32. The molecule has 0 radical (unpaired) electrons. The van der Waals surface area contributed by atoms with Gasteiger partial charge < -0.3 is 37.0 Å². The first-order chi connectivity index (χ1) is 11.9. The van der Waals surface area contributed by atoms with Crippen molar-refractivity contribution in [2.24, 2.45) is 11.7 Å². The van der Waals surface area contributed by atoms with Crippen LogP contribution >= 0.6 is 0 Å². The van der Waals surface area contributed by atoms with E-state index in [0.717, 1.165) is 0 Å². The van der Waals surface area contributed by atoms with E-state index in [1.54, 1.807) is 13.8 Å². The molecule has 0 aliphatic rings. The van der Waals surface area contributed by atoms with Gasteiger partial charge in [-0.1, -0.05) is 13.8 Å². The molecule has 5 atom stereocenters. The van der Waals surface area contributed by atoms with Crippen molar-refractivity contribution < 1.29 is 34.5 Å². The molecule has 0 aromatic carbocycles. The Bertz CT molecular complexity index is 524. The number of carboxylic acids is 1. The second-order valence-electron chi connectivity index (χ2n) is 6.31. The summed E-state index contributed by atoms with van der Waals surface area (Å²) in [5.74, 6) is -4.03. The van der Waals surface area contributed by atoms with Gasteiger partial charge in [0.25, 0.3) is 0 Å². The van der Waals surface area contributed by atoms with Crippen LogP contribution in [-0.4, -0.2) is 75.9 Å². The molecule has 0 rings (SSSR count). The van der Waals surface area contributed by atoms with E-state index in [4.69, 9.17) is 15.9 Å². The molecular formula is C15H28N4O7. The lowest BCUT2D eigenvalue weighted by Gasteiger charge is -2.26. The molecule has 8 N–H and O–H groups in total. The predicted molar refractivity (Wildman–Crippen MR) is 90.7 cm³/mol. The summed E-state index contributed by atoms with van der Waals surface area (Å²) in [5.41, 5.74) is 5.34. The molecule has 0 aliphatic carbocycles. The van der Waals surface area contributed by atoms with Crippen LogP contribution in [0.5, 0.6) is 0 Å². The Balaban J connectivity index is 5.00. The summed E-state index contributed by atoms with van der Waals surface area (Å²) < 4.78 is 0. The number of hydrogen-bond acceptors (Lipinski definition) is 7. The summed E-state index contributed by atoms with van der Waals surface area (Å²) in [6, 6.07) is -4.84. The topological polar surface area (TPSA) is 191 Å². The molecule has 0 fully saturated rings. The van der Waals surface area contributed by atoms with Crippen LogP contribution in [-0.2, 0) is 19.2 Å². The van der Waals surface area contributed by atoms with Crippen LogP contribution in [0.4, 0.5) is 0 Å². The third-order valence-corrected chi connectivity index (χ3v) is 3.58. The summed E-state index contributed by atoms with van der Waals surface area (Å²) in [6.07, 6.45) is -1.34. The molecule has 3 amide bonds. The van der Waals surface area contributed by atoms with Gasteiger partial charge in [-0.3, -0.25) is 14.4 Å². The van der Waals surface area contributed by atoms with Gasteiger partial charge in [-0.25, -0.2) is 4.79 Å². The van der Waals surface area contributed by atoms with Gasteiger partial charge in [-0.05, 0) is 19.8 Å². The zero-order chi connectivity index (χ0) is 20.6. The summed E-state index contributed by atoms with van der Waals surface area (Å²) in [6.45, 7) is 5.25. The zero-order valence-electron chi connectivity index (χ0n) is 15.2. The summed E-state index contributed by atoms with van der Waals surface area (Å²) in [4.78, 5) is 47.1. The maximum absolute atomic E-state index is 12.3. The molecule has 5 unspecified atom stereocenters. The summed E-state index contributed by atoms with van der Waals surface area (Å²) in [7, 11) is 0. The first-order valence-electron chi connectivity index (χ1n) is 8.10. The molecule has 11 heteroatoms. The lowest BCUT2D eigenvalue weighted by molar-refractivity contribution is -0.145. The van der Waals surface area contributed by atoms with E-state index in [9.17, 15) is 24.3 Å². The number of carboxylic acid groups (broad SMARTS) is 1. The van der Waals surface area contributed by atoms with E-state index >= 15 is 0 Å². The second kappa shape index (κ2) is 10.7. The van der Waals surface area contributed by atoms with Crippen molar-refractivity contribution in [2.45, 2.75) is 58.0 Å². The van der Waals surface area contributed by atoms with Crippen LogP contribution < -0.4 is 21.7 Å². The Hall–Kier alpha value is -2.24. The molecule has 11 nitrogen and oxygen atoms in total. The molecular weight excluding hydrogens is 348 g/mol. The van der Waals surface area contributed by atoms with E-state index in [1.165, 1.54) is 13.8 Å². The van der Waals surface area contributed by atoms with Gasteiger partial charge in [0.05, 0.1) is 12.7 Å². The van der Waals surface area contributed by atoms with Gasteiger partial charge >= 0.3 is 5.97 Å². The Kier molecular flexibility index (Phi) is 9.76. The number of hydrogen-bond donors (Lipinski definition) is 7. The minimum Gasteiger partial charge on any atom is -0.480 e. The van der Waals surface area contributed by atoms with Crippen molar-refractivity contribution in [1.82, 2.24) is 16.0 Å². The number of aliphatic hydroxyl groups is 2. The van der Waals surface area contributed by atoms with Crippen molar-refractivity contribution >= 4 is 23.7 Å². The molecule has 150 valence electrons. The SMILES string of the molecule is CC(NC(=O)C(N)CO)C(=O)NC(C(=O)NC(C(=O)O)C(C)O)C(C)C. The zero-order valence-corrected chi connectivity index (χ0v) is 15.2.